The summed E-state index contributed by atoms with van der Waals surface area (Å²) >= 11 is 0. The van der Waals surface area contributed by atoms with Crippen LogP contribution in [0.15, 0.2) is 0 Å². The van der Waals surface area contributed by atoms with Crippen LogP contribution in [0.2, 0.25) is 0 Å². The van der Waals surface area contributed by atoms with Crippen LogP contribution < -0.4 is 29.6 Å². The molecular weight excluding hydrogens is 205 g/mol. The molecule has 0 saturated heterocycles. The Balaban J connectivity index is -0.000000605. The maximum Gasteiger partial charge on any atom is 1.00 e. The smallest absolute Gasteiger partial charge is 1.00 e. The zero-order valence-electron chi connectivity index (χ0n) is 9.27. The van der Waals surface area contributed by atoms with Gasteiger partial charge in [-0.3, -0.25) is 4.55 Å². The second-order valence-corrected chi connectivity index (χ2v) is 4.03. The molecule has 7 heteroatoms. The molecule has 0 heterocycles. The quantitative estimate of drug-likeness (QED) is 0.375. The minimum atomic E-state index is -4.30. The average Bonchev–Trinajstić information content (AvgIpc) is 1.97. The molecule has 0 aliphatic carbocycles. The molecule has 13 heavy (non-hydrogen) atoms. The number of rotatable bonds is 5. The third kappa shape index (κ3) is 6.84. The third-order valence-corrected chi connectivity index (χ3v) is 2.49. The summed E-state index contributed by atoms with van der Waals surface area (Å²) in [5.74, 6) is 0. The molecule has 0 rings (SSSR count). The molecule has 2 N–H and O–H groups in total. The molecule has 0 radical (unpaired) electrons. The molecule has 0 aromatic carbocycles. The van der Waals surface area contributed by atoms with Crippen LogP contribution in [0.3, 0.4) is 0 Å². The number of aliphatic hydroxyl groups excluding tert-OH is 1. The summed E-state index contributed by atoms with van der Waals surface area (Å²) < 4.78 is 29.2. The first-order valence-electron chi connectivity index (χ1n) is 3.78. The predicted octanol–water partition coefficient (Wildman–Crippen LogP) is -3.35. The van der Waals surface area contributed by atoms with E-state index in [0.717, 1.165) is 0 Å². The Morgan fingerprint density at radius 2 is 1.77 bits per heavy atom. The van der Waals surface area contributed by atoms with E-state index in [4.69, 9.17) is 9.66 Å². The molecule has 0 bridgehead atoms. The van der Waals surface area contributed by atoms with Gasteiger partial charge in [0.05, 0.1) is 0 Å². The van der Waals surface area contributed by atoms with E-state index in [2.05, 4.69) is 0 Å². The molecule has 1 unspecified atom stereocenters. The van der Waals surface area contributed by atoms with Crippen molar-refractivity contribution in [2.45, 2.75) is 19.3 Å². The summed E-state index contributed by atoms with van der Waals surface area (Å²) in [5.41, 5.74) is -1.70. The SMILES string of the molecule is CCN(CC)CC(O)S(=O)(=O)O.[H-].[Na+]. The van der Waals surface area contributed by atoms with E-state index < -0.39 is 15.6 Å². The average molecular weight is 221 g/mol. The Morgan fingerprint density at radius 3 is 2.00 bits per heavy atom. The summed E-state index contributed by atoms with van der Waals surface area (Å²) in [5, 5.41) is 8.94. The molecule has 1 atom stereocenters. The molecule has 5 nitrogen and oxygen atoms in total. The fourth-order valence-corrected chi connectivity index (χ4v) is 1.20. The minimum Gasteiger partial charge on any atom is -1.00 e. The van der Waals surface area contributed by atoms with Gasteiger partial charge < -0.3 is 11.4 Å². The molecule has 0 saturated carbocycles. The molecule has 0 aromatic rings. The van der Waals surface area contributed by atoms with Crippen LogP contribution in [-0.4, -0.2) is 48.0 Å². The van der Waals surface area contributed by atoms with Crippen molar-refractivity contribution in [3.8, 4) is 0 Å². The topological polar surface area (TPSA) is 77.8 Å². The van der Waals surface area contributed by atoms with Crippen LogP contribution in [0.4, 0.5) is 0 Å². The van der Waals surface area contributed by atoms with Crippen LogP contribution in [0.5, 0.6) is 0 Å². The van der Waals surface area contributed by atoms with Gasteiger partial charge >= 0.3 is 29.6 Å². The largest absolute Gasteiger partial charge is 1.00 e. The minimum absolute atomic E-state index is 0. The van der Waals surface area contributed by atoms with Crippen molar-refractivity contribution in [2.75, 3.05) is 19.6 Å². The summed E-state index contributed by atoms with van der Waals surface area (Å²) in [7, 11) is -4.30. The monoisotopic (exact) mass is 221 g/mol. The molecule has 0 aliphatic heterocycles. The summed E-state index contributed by atoms with van der Waals surface area (Å²) in [6.07, 6.45) is 0. The Bertz CT molecular complexity index is 220. The predicted molar refractivity (Wildman–Crippen MR) is 46.5 cm³/mol. The van der Waals surface area contributed by atoms with Crippen molar-refractivity contribution in [1.29, 1.82) is 0 Å². The van der Waals surface area contributed by atoms with E-state index in [1.165, 1.54) is 0 Å². The Kier molecular flexibility index (Phi) is 8.97. The molecule has 0 aliphatic rings. The van der Waals surface area contributed by atoms with E-state index in [9.17, 15) is 8.42 Å². The Hall–Kier alpha value is 0.830. The van der Waals surface area contributed by atoms with E-state index in [1.807, 2.05) is 13.8 Å². The van der Waals surface area contributed by atoms with Gasteiger partial charge in [0.25, 0.3) is 10.1 Å². The van der Waals surface area contributed by atoms with Gasteiger partial charge in [0.2, 0.25) is 0 Å². The normalized spacial score (nSPS) is 13.9. The third-order valence-electron chi connectivity index (χ3n) is 1.65. The van der Waals surface area contributed by atoms with Gasteiger partial charge in [0.1, 0.15) is 0 Å². The van der Waals surface area contributed by atoms with Crippen molar-refractivity contribution < 1.29 is 49.1 Å². The number of likely N-dealkylation sites (N-methyl/N-ethyl adjacent to an activating group) is 1. The Labute approximate surface area is 103 Å². The van der Waals surface area contributed by atoms with Crippen molar-refractivity contribution in [1.82, 2.24) is 4.90 Å². The standard InChI is InChI=1S/C6H15NO4S.Na.H/c1-3-7(4-2)5-6(8)12(9,10)11;;/h6,8H,3-5H2,1-2H3,(H,9,10,11);;/q;+1;-1. The van der Waals surface area contributed by atoms with Crippen LogP contribution in [-0.2, 0) is 10.1 Å². The maximum absolute atomic E-state index is 10.4. The van der Waals surface area contributed by atoms with E-state index in [-0.39, 0.29) is 37.5 Å². The van der Waals surface area contributed by atoms with Gasteiger partial charge in [0, 0.05) is 6.54 Å². The van der Waals surface area contributed by atoms with E-state index >= 15 is 0 Å². The van der Waals surface area contributed by atoms with E-state index in [1.54, 1.807) is 4.90 Å². The van der Waals surface area contributed by atoms with Gasteiger partial charge in [-0.05, 0) is 13.1 Å². The first-order valence-corrected chi connectivity index (χ1v) is 5.28. The number of aliphatic hydroxyl groups is 1. The summed E-state index contributed by atoms with van der Waals surface area (Å²) in [6.45, 7) is 4.93. The molecule has 0 spiro atoms. The Morgan fingerprint density at radius 1 is 1.38 bits per heavy atom. The molecule has 0 aromatic heterocycles. The first-order chi connectivity index (χ1) is 5.41. The fourth-order valence-electron chi connectivity index (χ4n) is 0.797. The second kappa shape index (κ2) is 7.17. The van der Waals surface area contributed by atoms with Crippen molar-refractivity contribution in [3.05, 3.63) is 0 Å². The summed E-state index contributed by atoms with van der Waals surface area (Å²) in [6, 6.07) is 0. The molecular formula is C6H16NNaO4S. The van der Waals surface area contributed by atoms with Crippen molar-refractivity contribution >= 4 is 10.1 Å². The van der Waals surface area contributed by atoms with Crippen LogP contribution in [0.1, 0.15) is 15.3 Å². The summed E-state index contributed by atoms with van der Waals surface area (Å²) in [4.78, 5) is 1.71. The van der Waals surface area contributed by atoms with Crippen molar-refractivity contribution in [3.63, 3.8) is 0 Å². The van der Waals surface area contributed by atoms with Crippen LogP contribution >= 0.6 is 0 Å². The number of hydrogen-bond donors (Lipinski definition) is 2. The van der Waals surface area contributed by atoms with Crippen molar-refractivity contribution in [2.24, 2.45) is 0 Å². The molecule has 0 fully saturated rings. The van der Waals surface area contributed by atoms with E-state index in [0.29, 0.717) is 13.1 Å². The maximum atomic E-state index is 10.4. The van der Waals surface area contributed by atoms with Crippen LogP contribution in [0.25, 0.3) is 0 Å². The zero-order valence-corrected chi connectivity index (χ0v) is 11.1. The van der Waals surface area contributed by atoms with Gasteiger partial charge in [-0.1, -0.05) is 13.8 Å². The van der Waals surface area contributed by atoms with Gasteiger partial charge in [-0.25, -0.2) is 0 Å². The fraction of sp³-hybridized carbons (Fsp3) is 1.00. The van der Waals surface area contributed by atoms with Gasteiger partial charge in [-0.15, -0.1) is 0 Å². The van der Waals surface area contributed by atoms with Gasteiger partial charge in [0.15, 0.2) is 5.44 Å². The molecule has 76 valence electrons. The van der Waals surface area contributed by atoms with Crippen LogP contribution in [0, 0.1) is 0 Å². The first kappa shape index (κ1) is 16.3. The zero-order chi connectivity index (χ0) is 9.78. The van der Waals surface area contributed by atoms with Gasteiger partial charge in [-0.2, -0.15) is 8.42 Å². The molecule has 0 amide bonds. The number of nitrogens with zero attached hydrogens (tertiary/aromatic N) is 1. The second-order valence-electron chi connectivity index (χ2n) is 2.46. The number of hydrogen-bond acceptors (Lipinski definition) is 4.